The minimum absolute atomic E-state index is 0.0679. The molecule has 9 nitrogen and oxygen atoms in total. The Kier molecular flexibility index (Phi) is 7.05. The Morgan fingerprint density at radius 1 is 1.21 bits per heavy atom. The molecule has 0 radical (unpaired) electrons. The van der Waals surface area contributed by atoms with Crippen LogP contribution < -0.4 is 10.6 Å². The van der Waals surface area contributed by atoms with E-state index in [0.717, 1.165) is 17.1 Å². The largest absolute Gasteiger partial charge is 0.465 e. The summed E-state index contributed by atoms with van der Waals surface area (Å²) in [4.78, 5) is 39.5. The third kappa shape index (κ3) is 5.77. The van der Waals surface area contributed by atoms with Crippen LogP contribution >= 0.6 is 22.9 Å². The lowest BCUT2D eigenvalue weighted by molar-refractivity contribution is -0.126. The summed E-state index contributed by atoms with van der Waals surface area (Å²) in [6.45, 7) is 2.95. The number of anilines is 1. The van der Waals surface area contributed by atoms with Crippen LogP contribution in [-0.4, -0.2) is 45.9 Å². The van der Waals surface area contributed by atoms with Gasteiger partial charge < -0.3 is 20.0 Å². The summed E-state index contributed by atoms with van der Waals surface area (Å²) in [7, 11) is 0. The van der Waals surface area contributed by atoms with Gasteiger partial charge in [0.1, 0.15) is 11.5 Å². The van der Waals surface area contributed by atoms with Gasteiger partial charge in [0.25, 0.3) is 11.8 Å². The number of aromatic nitrogens is 2. The van der Waals surface area contributed by atoms with Crippen LogP contribution in [0.25, 0.3) is 0 Å². The number of hydrogen-bond donors (Lipinski definition) is 2. The molecule has 1 atom stereocenters. The minimum Gasteiger partial charge on any atom is -0.465 e. The van der Waals surface area contributed by atoms with Crippen LogP contribution in [0.5, 0.6) is 0 Å². The quantitative estimate of drug-likeness (QED) is 0.549. The maximum Gasteiger partial charge on any atom is 0.286 e. The second kappa shape index (κ2) is 10.1. The van der Waals surface area contributed by atoms with Crippen molar-refractivity contribution in [2.24, 2.45) is 5.92 Å². The molecule has 2 N–H and O–H groups in total. The Morgan fingerprint density at radius 2 is 2.03 bits per heavy atom. The fourth-order valence-electron chi connectivity index (χ4n) is 3.56. The number of nitrogens with zero attached hydrogens (tertiary/aromatic N) is 3. The van der Waals surface area contributed by atoms with Crippen LogP contribution in [0.4, 0.5) is 5.69 Å². The lowest BCUT2D eigenvalue weighted by atomic mass is 9.97. The summed E-state index contributed by atoms with van der Waals surface area (Å²) >= 11 is 6.85. The molecule has 3 amide bonds. The van der Waals surface area contributed by atoms with E-state index in [1.54, 1.807) is 29.2 Å². The summed E-state index contributed by atoms with van der Waals surface area (Å²) < 4.78 is 5.47. The summed E-state index contributed by atoms with van der Waals surface area (Å²) in [6.07, 6.45) is 1.39. The van der Waals surface area contributed by atoms with Crippen LogP contribution in [0.2, 0.25) is 5.02 Å². The molecule has 4 rings (SSSR count). The number of halogens is 1. The molecule has 1 fully saturated rings. The zero-order valence-electron chi connectivity index (χ0n) is 17.8. The highest BCUT2D eigenvalue weighted by Crippen LogP contribution is 2.22. The lowest BCUT2D eigenvalue weighted by Crippen LogP contribution is -2.45. The lowest BCUT2D eigenvalue weighted by Gasteiger charge is -2.31. The maximum absolute atomic E-state index is 12.9. The van der Waals surface area contributed by atoms with Crippen LogP contribution in [0.15, 0.2) is 40.8 Å². The van der Waals surface area contributed by atoms with Crippen molar-refractivity contribution in [1.82, 2.24) is 20.4 Å². The molecule has 1 unspecified atom stereocenters. The molecule has 0 spiro atoms. The van der Waals surface area contributed by atoms with E-state index in [2.05, 4.69) is 20.8 Å². The van der Waals surface area contributed by atoms with Crippen molar-refractivity contribution in [3.05, 3.63) is 63.0 Å². The number of likely N-dealkylation sites (tertiary alicyclic amines) is 1. The molecular formula is C22H22ClN5O4S. The Balaban J connectivity index is 1.34. The molecule has 1 aliphatic heterocycles. The maximum atomic E-state index is 12.9. The molecule has 1 aliphatic rings. The first-order valence-electron chi connectivity index (χ1n) is 10.4. The monoisotopic (exact) mass is 487 g/mol. The Bertz CT molecular complexity index is 1180. The topological polar surface area (TPSA) is 117 Å². The third-order valence-electron chi connectivity index (χ3n) is 5.20. The van der Waals surface area contributed by atoms with Gasteiger partial charge >= 0.3 is 0 Å². The average Bonchev–Trinajstić information content (AvgIpc) is 3.46. The summed E-state index contributed by atoms with van der Waals surface area (Å²) in [5.41, 5.74) is 0.519. The van der Waals surface area contributed by atoms with Gasteiger partial charge in [-0.15, -0.1) is 10.2 Å². The van der Waals surface area contributed by atoms with E-state index < -0.39 is 5.91 Å². The number of rotatable bonds is 6. The minimum atomic E-state index is -0.474. The van der Waals surface area contributed by atoms with E-state index in [4.69, 9.17) is 16.0 Å². The molecule has 3 aromatic rings. The summed E-state index contributed by atoms with van der Waals surface area (Å²) in [5.74, 6) is 0.206. The molecule has 0 saturated carbocycles. The van der Waals surface area contributed by atoms with Gasteiger partial charge in [-0.25, -0.2) is 0 Å². The number of aryl methyl sites for hydroxylation is 1. The normalized spacial score (nSPS) is 15.8. The zero-order valence-corrected chi connectivity index (χ0v) is 19.4. The van der Waals surface area contributed by atoms with Gasteiger partial charge in [0.05, 0.1) is 12.5 Å². The number of piperidine rings is 1. The predicted octanol–water partition coefficient (Wildman–Crippen LogP) is 3.51. The first-order chi connectivity index (χ1) is 15.9. The SMILES string of the molecule is Cc1ccc(CNC(=O)C2CCCN(C(=O)c3nnc(C(=O)Nc4cccc(Cl)c4)s3)C2)o1. The highest BCUT2D eigenvalue weighted by molar-refractivity contribution is 7.15. The van der Waals surface area contributed by atoms with Crippen molar-refractivity contribution in [2.45, 2.75) is 26.3 Å². The van der Waals surface area contributed by atoms with Gasteiger partial charge in [-0.2, -0.15) is 0 Å². The number of amides is 3. The molecule has 1 saturated heterocycles. The van der Waals surface area contributed by atoms with Crippen LogP contribution in [0.1, 0.15) is 44.0 Å². The van der Waals surface area contributed by atoms with Crippen molar-refractivity contribution in [3.8, 4) is 0 Å². The van der Waals surface area contributed by atoms with Crippen molar-refractivity contribution in [3.63, 3.8) is 0 Å². The number of benzene rings is 1. The fraction of sp³-hybridized carbons (Fsp3) is 0.318. The van der Waals surface area contributed by atoms with Gasteiger partial charge in [-0.05, 0) is 50.1 Å². The zero-order chi connectivity index (χ0) is 23.4. The number of carbonyl (C=O) groups excluding carboxylic acids is 3. The average molecular weight is 488 g/mol. The highest BCUT2D eigenvalue weighted by Gasteiger charge is 2.31. The van der Waals surface area contributed by atoms with Gasteiger partial charge in [-0.1, -0.05) is 29.0 Å². The molecular weight excluding hydrogens is 466 g/mol. The molecule has 1 aromatic carbocycles. The molecule has 11 heteroatoms. The smallest absolute Gasteiger partial charge is 0.286 e. The third-order valence-corrected chi connectivity index (χ3v) is 6.34. The number of hydrogen-bond acceptors (Lipinski definition) is 7. The van der Waals surface area contributed by atoms with E-state index in [9.17, 15) is 14.4 Å². The van der Waals surface area contributed by atoms with Gasteiger partial charge in [0.15, 0.2) is 0 Å². The molecule has 33 heavy (non-hydrogen) atoms. The van der Waals surface area contributed by atoms with E-state index >= 15 is 0 Å². The predicted molar refractivity (Wildman–Crippen MR) is 123 cm³/mol. The van der Waals surface area contributed by atoms with Crippen molar-refractivity contribution >= 4 is 46.3 Å². The Labute approximate surface area is 199 Å². The van der Waals surface area contributed by atoms with Crippen LogP contribution in [0.3, 0.4) is 0 Å². The van der Waals surface area contributed by atoms with E-state index in [1.807, 2.05) is 19.1 Å². The summed E-state index contributed by atoms with van der Waals surface area (Å²) in [6, 6.07) is 10.4. The Hall–Kier alpha value is -3.24. The van der Waals surface area contributed by atoms with E-state index in [0.29, 0.717) is 42.4 Å². The number of nitrogens with one attached hydrogen (secondary N) is 2. The van der Waals surface area contributed by atoms with E-state index in [-0.39, 0.29) is 34.3 Å². The van der Waals surface area contributed by atoms with Gasteiger partial charge in [0, 0.05) is 23.8 Å². The van der Waals surface area contributed by atoms with Crippen LogP contribution in [-0.2, 0) is 11.3 Å². The number of furan rings is 1. The Morgan fingerprint density at radius 3 is 2.79 bits per heavy atom. The first kappa shape index (κ1) is 22.9. The van der Waals surface area contributed by atoms with E-state index in [1.165, 1.54) is 0 Å². The van der Waals surface area contributed by atoms with Crippen molar-refractivity contribution in [1.29, 1.82) is 0 Å². The highest BCUT2D eigenvalue weighted by atomic mass is 35.5. The second-order valence-electron chi connectivity index (χ2n) is 7.70. The molecule has 3 heterocycles. The van der Waals surface area contributed by atoms with Gasteiger partial charge in [-0.3, -0.25) is 14.4 Å². The second-order valence-corrected chi connectivity index (χ2v) is 9.11. The molecule has 2 aromatic heterocycles. The fourth-order valence-corrected chi connectivity index (χ4v) is 4.46. The standard InChI is InChI=1S/C22H22ClN5O4S/c1-13-7-8-17(32-13)11-24-18(29)14-4-3-9-28(12-14)22(31)21-27-26-20(33-21)19(30)25-16-6-2-5-15(23)10-16/h2,5-8,10,14H,3-4,9,11-12H2,1H3,(H,24,29)(H,25,30). The molecule has 0 aliphatic carbocycles. The van der Waals surface area contributed by atoms with Crippen molar-refractivity contribution < 1.29 is 18.8 Å². The first-order valence-corrected chi connectivity index (χ1v) is 11.6. The van der Waals surface area contributed by atoms with Crippen molar-refractivity contribution in [2.75, 3.05) is 18.4 Å². The summed E-state index contributed by atoms with van der Waals surface area (Å²) in [5, 5.41) is 14.0. The van der Waals surface area contributed by atoms with Crippen LogP contribution in [0, 0.1) is 12.8 Å². The number of carbonyl (C=O) groups is 3. The molecule has 0 bridgehead atoms. The molecule has 172 valence electrons. The van der Waals surface area contributed by atoms with Gasteiger partial charge in [0.2, 0.25) is 15.9 Å².